The molecule has 0 N–H and O–H groups in total. The van der Waals surface area contributed by atoms with E-state index in [1.807, 2.05) is 0 Å². The molecule has 2 saturated heterocycles. The van der Waals surface area contributed by atoms with E-state index in [1.54, 1.807) is 0 Å². The molecule has 1 spiro atoms. The van der Waals surface area contributed by atoms with Gasteiger partial charge < -0.3 is 4.74 Å². The Bertz CT molecular complexity index is 311. The van der Waals surface area contributed by atoms with Crippen LogP contribution in [0, 0.1) is 5.41 Å². The molecular formula is C17H34N2O. The zero-order valence-electron chi connectivity index (χ0n) is 14.5. The molecule has 0 saturated carbocycles. The predicted molar refractivity (Wildman–Crippen MR) is 85.1 cm³/mol. The SMILES string of the molecule is CC(C)(C)OCCN1CC2(CCN(C(C)(C)C)CC2)C1. The van der Waals surface area contributed by atoms with Gasteiger partial charge in [-0.1, -0.05) is 0 Å². The molecule has 0 radical (unpaired) electrons. The Kier molecular flexibility index (Phi) is 4.54. The van der Waals surface area contributed by atoms with Gasteiger partial charge in [-0.3, -0.25) is 9.80 Å². The summed E-state index contributed by atoms with van der Waals surface area (Å²) in [6.45, 7) is 20.5. The van der Waals surface area contributed by atoms with Gasteiger partial charge in [-0.25, -0.2) is 0 Å². The van der Waals surface area contributed by atoms with Crippen LogP contribution in [0.5, 0.6) is 0 Å². The number of rotatable bonds is 3. The third-order valence-electron chi connectivity index (χ3n) is 4.83. The third-order valence-corrected chi connectivity index (χ3v) is 4.83. The molecule has 0 aliphatic carbocycles. The monoisotopic (exact) mass is 282 g/mol. The molecule has 0 aromatic rings. The third kappa shape index (κ3) is 4.19. The van der Waals surface area contributed by atoms with Gasteiger partial charge in [0.15, 0.2) is 0 Å². The van der Waals surface area contributed by atoms with Crippen LogP contribution in [0.15, 0.2) is 0 Å². The van der Waals surface area contributed by atoms with E-state index in [9.17, 15) is 0 Å². The maximum Gasteiger partial charge on any atom is 0.0600 e. The van der Waals surface area contributed by atoms with Crippen molar-refractivity contribution in [3.8, 4) is 0 Å². The van der Waals surface area contributed by atoms with Crippen LogP contribution < -0.4 is 0 Å². The van der Waals surface area contributed by atoms with E-state index >= 15 is 0 Å². The molecule has 0 amide bonds. The lowest BCUT2D eigenvalue weighted by Gasteiger charge is -2.56. The first-order chi connectivity index (χ1) is 9.10. The Morgan fingerprint density at radius 3 is 1.95 bits per heavy atom. The Balaban J connectivity index is 1.67. The molecule has 2 heterocycles. The summed E-state index contributed by atoms with van der Waals surface area (Å²) in [5.41, 5.74) is 0.968. The minimum atomic E-state index is 0.000598. The van der Waals surface area contributed by atoms with E-state index in [0.717, 1.165) is 13.2 Å². The molecule has 118 valence electrons. The molecule has 3 heteroatoms. The topological polar surface area (TPSA) is 15.7 Å². The van der Waals surface area contributed by atoms with Crippen LogP contribution in [0.2, 0.25) is 0 Å². The van der Waals surface area contributed by atoms with E-state index in [2.05, 4.69) is 51.3 Å². The van der Waals surface area contributed by atoms with Crippen molar-refractivity contribution in [3.63, 3.8) is 0 Å². The Morgan fingerprint density at radius 2 is 1.50 bits per heavy atom. The lowest BCUT2D eigenvalue weighted by atomic mass is 9.71. The van der Waals surface area contributed by atoms with Crippen LogP contribution in [0.4, 0.5) is 0 Å². The summed E-state index contributed by atoms with van der Waals surface area (Å²) in [6, 6.07) is 0. The number of hydrogen-bond donors (Lipinski definition) is 0. The van der Waals surface area contributed by atoms with Gasteiger partial charge >= 0.3 is 0 Å². The summed E-state index contributed by atoms with van der Waals surface area (Å²) in [4.78, 5) is 5.21. The summed E-state index contributed by atoms with van der Waals surface area (Å²) in [7, 11) is 0. The fourth-order valence-electron chi connectivity index (χ4n) is 3.51. The van der Waals surface area contributed by atoms with Crippen LogP contribution in [0.1, 0.15) is 54.4 Å². The average Bonchev–Trinajstić information content (AvgIpc) is 2.24. The quantitative estimate of drug-likeness (QED) is 0.791. The maximum absolute atomic E-state index is 5.82. The van der Waals surface area contributed by atoms with Gasteiger partial charge in [-0.15, -0.1) is 0 Å². The number of piperidine rings is 1. The van der Waals surface area contributed by atoms with Gasteiger partial charge in [0.1, 0.15) is 0 Å². The zero-order valence-corrected chi connectivity index (χ0v) is 14.5. The van der Waals surface area contributed by atoms with Crippen molar-refractivity contribution in [3.05, 3.63) is 0 Å². The smallest absolute Gasteiger partial charge is 0.0600 e. The molecule has 0 atom stereocenters. The van der Waals surface area contributed by atoms with Gasteiger partial charge in [-0.2, -0.15) is 0 Å². The molecule has 20 heavy (non-hydrogen) atoms. The zero-order chi connectivity index (χ0) is 15.0. The lowest BCUT2D eigenvalue weighted by Crippen LogP contribution is -2.62. The van der Waals surface area contributed by atoms with Crippen molar-refractivity contribution in [1.29, 1.82) is 0 Å². The second-order valence-corrected chi connectivity index (χ2v) is 8.83. The number of hydrogen-bond acceptors (Lipinski definition) is 3. The summed E-state index contributed by atoms with van der Waals surface area (Å²) in [5, 5.41) is 0. The molecule has 0 bridgehead atoms. The first-order valence-corrected chi connectivity index (χ1v) is 8.21. The average molecular weight is 282 g/mol. The highest BCUT2D eigenvalue weighted by molar-refractivity contribution is 4.99. The second-order valence-electron chi connectivity index (χ2n) is 8.83. The predicted octanol–water partition coefficient (Wildman–Crippen LogP) is 3.00. The molecule has 2 aliphatic heterocycles. The fourth-order valence-corrected chi connectivity index (χ4v) is 3.51. The van der Waals surface area contributed by atoms with Gasteiger partial charge in [0.25, 0.3) is 0 Å². The highest BCUT2D eigenvalue weighted by atomic mass is 16.5. The Morgan fingerprint density at radius 1 is 0.950 bits per heavy atom. The van der Waals surface area contributed by atoms with E-state index < -0.39 is 0 Å². The van der Waals surface area contributed by atoms with E-state index in [0.29, 0.717) is 11.0 Å². The minimum absolute atomic E-state index is 0.000598. The lowest BCUT2D eigenvalue weighted by molar-refractivity contribution is -0.0823. The van der Waals surface area contributed by atoms with Crippen LogP contribution in [-0.4, -0.2) is 60.3 Å². The van der Waals surface area contributed by atoms with Crippen molar-refractivity contribution < 1.29 is 4.74 Å². The van der Waals surface area contributed by atoms with Crippen molar-refractivity contribution in [2.45, 2.75) is 65.5 Å². The summed E-state index contributed by atoms with van der Waals surface area (Å²) in [6.07, 6.45) is 2.75. The van der Waals surface area contributed by atoms with Crippen LogP contribution in [-0.2, 0) is 4.74 Å². The Labute approximate surface area is 125 Å². The molecule has 0 aromatic heterocycles. The largest absolute Gasteiger partial charge is 0.375 e. The first-order valence-electron chi connectivity index (χ1n) is 8.21. The molecule has 0 aromatic carbocycles. The Hall–Kier alpha value is -0.120. The van der Waals surface area contributed by atoms with E-state index in [1.165, 1.54) is 39.0 Å². The molecule has 2 rings (SSSR count). The van der Waals surface area contributed by atoms with Gasteiger partial charge in [0, 0.05) is 25.2 Å². The molecule has 2 aliphatic rings. The molecule has 0 unspecified atom stereocenters. The van der Waals surface area contributed by atoms with Crippen LogP contribution in [0.3, 0.4) is 0 Å². The maximum atomic E-state index is 5.82. The van der Waals surface area contributed by atoms with Crippen molar-refractivity contribution in [2.75, 3.05) is 39.3 Å². The van der Waals surface area contributed by atoms with Gasteiger partial charge in [-0.05, 0) is 72.9 Å². The van der Waals surface area contributed by atoms with Crippen molar-refractivity contribution >= 4 is 0 Å². The first kappa shape index (κ1) is 16.3. The summed E-state index contributed by atoms with van der Waals surface area (Å²) >= 11 is 0. The van der Waals surface area contributed by atoms with Crippen LogP contribution >= 0.6 is 0 Å². The summed E-state index contributed by atoms with van der Waals surface area (Å²) in [5.74, 6) is 0. The van der Waals surface area contributed by atoms with Crippen LogP contribution in [0.25, 0.3) is 0 Å². The van der Waals surface area contributed by atoms with E-state index in [-0.39, 0.29) is 5.60 Å². The van der Waals surface area contributed by atoms with Gasteiger partial charge in [0.05, 0.1) is 12.2 Å². The van der Waals surface area contributed by atoms with E-state index in [4.69, 9.17) is 4.74 Å². The van der Waals surface area contributed by atoms with Crippen molar-refractivity contribution in [1.82, 2.24) is 9.80 Å². The molecular weight excluding hydrogens is 248 g/mol. The number of likely N-dealkylation sites (tertiary alicyclic amines) is 2. The summed E-state index contributed by atoms with van der Waals surface area (Å²) < 4.78 is 5.82. The van der Waals surface area contributed by atoms with Gasteiger partial charge in [0.2, 0.25) is 0 Å². The number of nitrogens with zero attached hydrogens (tertiary/aromatic N) is 2. The minimum Gasteiger partial charge on any atom is -0.375 e. The highest BCUT2D eigenvalue weighted by Crippen LogP contribution is 2.41. The number of ether oxygens (including phenoxy) is 1. The fraction of sp³-hybridized carbons (Fsp3) is 1.00. The molecule has 3 nitrogen and oxygen atoms in total. The normalized spacial score (nSPS) is 24.9. The standard InChI is InChI=1S/C17H34N2O/c1-15(2,3)19-9-7-17(8-10-19)13-18(14-17)11-12-20-16(4,5)6/h7-14H2,1-6H3. The highest BCUT2D eigenvalue weighted by Gasteiger charge is 2.45. The second kappa shape index (κ2) is 5.58. The van der Waals surface area contributed by atoms with Crippen molar-refractivity contribution in [2.24, 2.45) is 5.41 Å². The molecule has 2 fully saturated rings.